The van der Waals surface area contributed by atoms with Crippen molar-refractivity contribution in [1.82, 2.24) is 9.38 Å². The van der Waals surface area contributed by atoms with Crippen molar-refractivity contribution in [3.8, 4) is 0 Å². The van der Waals surface area contributed by atoms with Gasteiger partial charge in [-0.3, -0.25) is 0 Å². The first-order valence-corrected chi connectivity index (χ1v) is 5.83. The van der Waals surface area contributed by atoms with Gasteiger partial charge in [0.25, 0.3) is 0 Å². The van der Waals surface area contributed by atoms with Crippen LogP contribution in [0.25, 0.3) is 5.65 Å². The predicted octanol–water partition coefficient (Wildman–Crippen LogP) is 3.22. The van der Waals surface area contributed by atoms with E-state index in [9.17, 15) is 8.78 Å². The second-order valence-corrected chi connectivity index (χ2v) is 4.21. The Hall–Kier alpha value is -2.43. The average Bonchev–Trinajstić information content (AvgIpc) is 2.78. The van der Waals surface area contributed by atoms with Crippen LogP contribution in [0.2, 0.25) is 0 Å². The number of hydrogen-bond acceptors (Lipinski definition) is 2. The Balaban J connectivity index is 1.78. The zero-order valence-electron chi connectivity index (χ0n) is 9.98. The molecule has 0 aliphatic heterocycles. The summed E-state index contributed by atoms with van der Waals surface area (Å²) in [5.74, 6) is -1.20. The summed E-state index contributed by atoms with van der Waals surface area (Å²) in [5, 5.41) is 2.95. The third-order valence-corrected chi connectivity index (χ3v) is 2.75. The van der Waals surface area contributed by atoms with Crippen LogP contribution in [-0.4, -0.2) is 9.38 Å². The molecule has 3 rings (SSSR count). The highest BCUT2D eigenvalue weighted by Crippen LogP contribution is 2.14. The van der Waals surface area contributed by atoms with Crippen molar-refractivity contribution >= 4 is 11.3 Å². The van der Waals surface area contributed by atoms with Gasteiger partial charge in [0, 0.05) is 24.1 Å². The summed E-state index contributed by atoms with van der Waals surface area (Å²) in [4.78, 5) is 4.39. The third-order valence-electron chi connectivity index (χ3n) is 2.75. The van der Waals surface area contributed by atoms with Gasteiger partial charge >= 0.3 is 0 Å². The smallest absolute Gasteiger partial charge is 0.137 e. The number of nitrogens with one attached hydrogen (secondary N) is 1. The highest BCUT2D eigenvalue weighted by Gasteiger charge is 2.03. The van der Waals surface area contributed by atoms with Crippen molar-refractivity contribution in [2.45, 2.75) is 6.54 Å². The Kier molecular flexibility index (Phi) is 2.87. The number of fused-ring (bicyclic) bond motifs is 1. The maximum absolute atomic E-state index is 13.0. The van der Waals surface area contributed by atoms with Gasteiger partial charge < -0.3 is 9.72 Å². The lowest BCUT2D eigenvalue weighted by Crippen LogP contribution is -2.00. The molecule has 0 amide bonds. The van der Waals surface area contributed by atoms with Crippen LogP contribution in [0.4, 0.5) is 14.5 Å². The summed E-state index contributed by atoms with van der Waals surface area (Å²) in [6, 6.07) is 9.05. The minimum absolute atomic E-state index is 0.398. The summed E-state index contributed by atoms with van der Waals surface area (Å²) in [6.07, 6.45) is 3.77. The Labute approximate surface area is 108 Å². The molecule has 1 aromatic carbocycles. The average molecular weight is 259 g/mol. The SMILES string of the molecule is Fc1cc(F)cc(NCc2cn3ccccc3n2)c1. The van der Waals surface area contributed by atoms with Gasteiger partial charge in [0.15, 0.2) is 0 Å². The molecule has 0 spiro atoms. The second-order valence-electron chi connectivity index (χ2n) is 4.21. The van der Waals surface area contributed by atoms with E-state index in [4.69, 9.17) is 0 Å². The number of aromatic nitrogens is 2. The Morgan fingerprint density at radius 1 is 1.11 bits per heavy atom. The van der Waals surface area contributed by atoms with Crippen LogP contribution in [-0.2, 0) is 6.54 Å². The van der Waals surface area contributed by atoms with Gasteiger partial charge in [-0.25, -0.2) is 13.8 Å². The van der Waals surface area contributed by atoms with Crippen LogP contribution in [0.3, 0.4) is 0 Å². The summed E-state index contributed by atoms with van der Waals surface area (Å²) in [6.45, 7) is 0.407. The fraction of sp³-hybridized carbons (Fsp3) is 0.0714. The first kappa shape index (κ1) is 11.6. The largest absolute Gasteiger partial charge is 0.379 e. The summed E-state index contributed by atoms with van der Waals surface area (Å²) >= 11 is 0. The molecule has 3 aromatic rings. The van der Waals surface area contributed by atoms with Gasteiger partial charge in [-0.2, -0.15) is 0 Å². The summed E-state index contributed by atoms with van der Waals surface area (Å²) in [5.41, 5.74) is 2.04. The normalized spacial score (nSPS) is 10.8. The lowest BCUT2D eigenvalue weighted by molar-refractivity contribution is 0.584. The van der Waals surface area contributed by atoms with E-state index < -0.39 is 11.6 Å². The van der Waals surface area contributed by atoms with E-state index in [-0.39, 0.29) is 0 Å². The fourth-order valence-electron chi connectivity index (χ4n) is 1.92. The number of hydrogen-bond donors (Lipinski definition) is 1. The van der Waals surface area contributed by atoms with E-state index in [1.165, 1.54) is 12.1 Å². The molecule has 1 N–H and O–H groups in total. The molecular weight excluding hydrogens is 248 g/mol. The number of halogens is 2. The number of imidazole rings is 1. The third kappa shape index (κ3) is 2.54. The molecule has 0 saturated carbocycles. The molecule has 3 nitrogen and oxygen atoms in total. The zero-order chi connectivity index (χ0) is 13.2. The van der Waals surface area contributed by atoms with Crippen LogP contribution in [0.5, 0.6) is 0 Å². The molecule has 96 valence electrons. The number of nitrogens with zero attached hydrogens (tertiary/aromatic N) is 2. The van der Waals surface area contributed by atoms with Crippen LogP contribution < -0.4 is 5.32 Å². The Bertz CT molecular complexity index is 668. The van der Waals surface area contributed by atoms with Crippen molar-refractivity contribution in [2.24, 2.45) is 0 Å². The molecule has 0 radical (unpaired) electrons. The first-order chi connectivity index (χ1) is 9.20. The van der Waals surface area contributed by atoms with E-state index in [1.807, 2.05) is 35.0 Å². The highest BCUT2D eigenvalue weighted by molar-refractivity contribution is 5.45. The van der Waals surface area contributed by atoms with E-state index in [0.29, 0.717) is 12.2 Å². The van der Waals surface area contributed by atoms with Gasteiger partial charge in [0.05, 0.1) is 12.2 Å². The number of pyridine rings is 1. The van der Waals surface area contributed by atoms with Gasteiger partial charge in [0.1, 0.15) is 17.3 Å². The number of benzene rings is 1. The molecule has 0 unspecified atom stereocenters. The molecule has 19 heavy (non-hydrogen) atoms. The van der Waals surface area contributed by atoms with Crippen LogP contribution in [0, 0.1) is 11.6 Å². The van der Waals surface area contributed by atoms with E-state index in [2.05, 4.69) is 10.3 Å². The number of rotatable bonds is 3. The maximum Gasteiger partial charge on any atom is 0.137 e. The van der Waals surface area contributed by atoms with Gasteiger partial charge in [-0.15, -0.1) is 0 Å². The summed E-state index contributed by atoms with van der Waals surface area (Å²) < 4.78 is 27.9. The Morgan fingerprint density at radius 3 is 2.63 bits per heavy atom. The Morgan fingerprint density at radius 2 is 1.89 bits per heavy atom. The maximum atomic E-state index is 13.0. The minimum atomic E-state index is -0.600. The molecular formula is C14H11F2N3. The van der Waals surface area contributed by atoms with E-state index >= 15 is 0 Å². The molecule has 2 heterocycles. The monoisotopic (exact) mass is 259 g/mol. The van der Waals surface area contributed by atoms with Gasteiger partial charge in [-0.05, 0) is 24.3 Å². The number of anilines is 1. The molecule has 0 bridgehead atoms. The highest BCUT2D eigenvalue weighted by atomic mass is 19.1. The molecule has 0 atom stereocenters. The predicted molar refractivity (Wildman–Crippen MR) is 68.9 cm³/mol. The van der Waals surface area contributed by atoms with Crippen molar-refractivity contribution in [3.05, 3.63) is 66.1 Å². The topological polar surface area (TPSA) is 29.3 Å². The van der Waals surface area contributed by atoms with E-state index in [0.717, 1.165) is 17.4 Å². The summed E-state index contributed by atoms with van der Waals surface area (Å²) in [7, 11) is 0. The fourth-order valence-corrected chi connectivity index (χ4v) is 1.92. The van der Waals surface area contributed by atoms with Crippen LogP contribution in [0.1, 0.15) is 5.69 Å². The van der Waals surface area contributed by atoms with E-state index in [1.54, 1.807) is 0 Å². The van der Waals surface area contributed by atoms with Crippen molar-refractivity contribution in [3.63, 3.8) is 0 Å². The minimum Gasteiger partial charge on any atom is -0.379 e. The lowest BCUT2D eigenvalue weighted by Gasteiger charge is -2.04. The lowest BCUT2D eigenvalue weighted by atomic mass is 10.3. The molecule has 0 saturated heterocycles. The molecule has 2 aromatic heterocycles. The molecule has 0 aliphatic rings. The van der Waals surface area contributed by atoms with Gasteiger partial charge in [0.2, 0.25) is 0 Å². The van der Waals surface area contributed by atoms with Crippen molar-refractivity contribution in [1.29, 1.82) is 0 Å². The zero-order valence-corrected chi connectivity index (χ0v) is 9.98. The van der Waals surface area contributed by atoms with Crippen LogP contribution >= 0.6 is 0 Å². The molecule has 5 heteroatoms. The standard InChI is InChI=1S/C14H11F2N3/c15-10-5-11(16)7-12(6-10)17-8-13-9-19-4-2-1-3-14(19)18-13/h1-7,9,17H,8H2. The molecule has 0 aliphatic carbocycles. The second kappa shape index (κ2) is 4.68. The van der Waals surface area contributed by atoms with Crippen molar-refractivity contribution < 1.29 is 8.78 Å². The van der Waals surface area contributed by atoms with Crippen molar-refractivity contribution in [2.75, 3.05) is 5.32 Å². The quantitative estimate of drug-likeness (QED) is 0.782. The molecule has 0 fully saturated rings. The first-order valence-electron chi connectivity index (χ1n) is 5.83. The van der Waals surface area contributed by atoms with Crippen LogP contribution in [0.15, 0.2) is 48.8 Å². The van der Waals surface area contributed by atoms with Gasteiger partial charge in [-0.1, -0.05) is 6.07 Å².